The molecule has 1 aromatic heterocycles. The second kappa shape index (κ2) is 8.58. The smallest absolute Gasteiger partial charge is 0.252 e. The molecule has 1 saturated heterocycles. The lowest BCUT2D eigenvalue weighted by atomic mass is 9.92. The van der Waals surface area contributed by atoms with E-state index in [1.807, 2.05) is 0 Å². The summed E-state index contributed by atoms with van der Waals surface area (Å²) in [5.74, 6) is 0.365. The Morgan fingerprint density at radius 2 is 2.04 bits per heavy atom. The Kier molecular flexibility index (Phi) is 6.20. The van der Waals surface area contributed by atoms with Crippen molar-refractivity contribution in [3.05, 3.63) is 17.5 Å². The third-order valence-electron chi connectivity index (χ3n) is 5.17. The van der Waals surface area contributed by atoms with E-state index in [0.29, 0.717) is 35.6 Å². The Hall–Kier alpha value is -1.73. The van der Waals surface area contributed by atoms with Crippen LogP contribution in [0.2, 0.25) is 0 Å². The summed E-state index contributed by atoms with van der Waals surface area (Å²) >= 11 is 0. The Balaban J connectivity index is 1.74. The van der Waals surface area contributed by atoms with Gasteiger partial charge in [0.1, 0.15) is 0 Å². The predicted molar refractivity (Wildman–Crippen MR) is 94.3 cm³/mol. The molecule has 1 amide bonds. The van der Waals surface area contributed by atoms with E-state index in [2.05, 4.69) is 15.3 Å². The van der Waals surface area contributed by atoms with Crippen molar-refractivity contribution in [3.8, 4) is 0 Å². The van der Waals surface area contributed by atoms with Crippen LogP contribution in [0.1, 0.15) is 61.0 Å². The van der Waals surface area contributed by atoms with Crippen molar-refractivity contribution in [2.45, 2.75) is 63.5 Å². The number of primary amides is 1. The number of nitrogens with zero attached hydrogens (tertiary/aromatic N) is 2. The first kappa shape index (κ1) is 18.1. The average molecular weight is 348 g/mol. The fourth-order valence-corrected chi connectivity index (χ4v) is 3.76. The molecular formula is C18H28N4O3. The van der Waals surface area contributed by atoms with Crippen LogP contribution in [-0.2, 0) is 11.2 Å². The highest BCUT2D eigenvalue weighted by Crippen LogP contribution is 2.27. The molecule has 2 fully saturated rings. The van der Waals surface area contributed by atoms with Crippen molar-refractivity contribution in [2.75, 3.05) is 18.5 Å². The lowest BCUT2D eigenvalue weighted by molar-refractivity contribution is 0.0903. The van der Waals surface area contributed by atoms with E-state index in [1.54, 1.807) is 0 Å². The molecule has 4 N–H and O–H groups in total. The molecule has 2 aliphatic rings. The van der Waals surface area contributed by atoms with Crippen molar-refractivity contribution in [3.63, 3.8) is 0 Å². The van der Waals surface area contributed by atoms with Gasteiger partial charge in [0.25, 0.3) is 5.91 Å². The first-order valence-electron chi connectivity index (χ1n) is 9.30. The highest BCUT2D eigenvalue weighted by atomic mass is 16.5. The Bertz CT molecular complexity index is 590. The van der Waals surface area contributed by atoms with Crippen LogP contribution in [0.15, 0.2) is 6.20 Å². The number of carbonyl (C=O) groups is 1. The summed E-state index contributed by atoms with van der Waals surface area (Å²) in [7, 11) is 0. The number of aliphatic hydroxyl groups excluding tert-OH is 1. The molecule has 1 saturated carbocycles. The summed E-state index contributed by atoms with van der Waals surface area (Å²) < 4.78 is 5.37. The maximum absolute atomic E-state index is 11.8. The third-order valence-corrected chi connectivity index (χ3v) is 5.17. The number of nitrogens with two attached hydrogens (primary N) is 1. The number of carbonyl (C=O) groups excluding carboxylic acids is 1. The molecular weight excluding hydrogens is 320 g/mol. The van der Waals surface area contributed by atoms with E-state index in [-0.39, 0.29) is 6.10 Å². The molecule has 3 rings (SSSR count). The molecule has 0 unspecified atom stereocenters. The summed E-state index contributed by atoms with van der Waals surface area (Å²) in [6, 6.07) is 0.292. The maximum Gasteiger partial charge on any atom is 0.252 e. The molecule has 7 nitrogen and oxygen atoms in total. The Labute approximate surface area is 148 Å². The van der Waals surface area contributed by atoms with Crippen molar-refractivity contribution in [1.29, 1.82) is 0 Å². The van der Waals surface area contributed by atoms with E-state index >= 15 is 0 Å². The summed E-state index contributed by atoms with van der Waals surface area (Å²) in [5, 5.41) is 13.4. The van der Waals surface area contributed by atoms with Gasteiger partial charge in [-0.3, -0.25) is 4.79 Å². The number of aliphatic hydroxyl groups is 1. The first-order valence-corrected chi connectivity index (χ1v) is 9.30. The minimum Gasteiger partial charge on any atom is -0.393 e. The van der Waals surface area contributed by atoms with Crippen LogP contribution >= 0.6 is 0 Å². The normalized spacial score (nSPS) is 25.3. The number of ether oxygens (including phenoxy) is 1. The van der Waals surface area contributed by atoms with Crippen molar-refractivity contribution < 1.29 is 14.6 Å². The van der Waals surface area contributed by atoms with Gasteiger partial charge in [-0.15, -0.1) is 0 Å². The van der Waals surface area contributed by atoms with Gasteiger partial charge >= 0.3 is 0 Å². The van der Waals surface area contributed by atoms with E-state index < -0.39 is 5.91 Å². The molecule has 1 aromatic rings. The molecule has 138 valence electrons. The van der Waals surface area contributed by atoms with E-state index in [4.69, 9.17) is 10.5 Å². The van der Waals surface area contributed by atoms with Crippen LogP contribution in [0.5, 0.6) is 0 Å². The zero-order valence-corrected chi connectivity index (χ0v) is 14.6. The molecule has 2 atom stereocenters. The van der Waals surface area contributed by atoms with E-state index in [0.717, 1.165) is 58.2 Å². The molecule has 0 radical (unpaired) electrons. The molecule has 25 heavy (non-hydrogen) atoms. The molecule has 2 heterocycles. The standard InChI is InChI=1S/C18H28N4O3/c19-17(24)15-11-20-18(21-13-5-7-25-8-6-13)22-16(15)10-12-3-1-2-4-14(23)9-12/h11-14,23H,1-10H2,(H2,19,24)(H,20,21,22)/t12-,14+/m1/s1. The molecule has 7 heteroatoms. The fourth-order valence-electron chi connectivity index (χ4n) is 3.76. The molecule has 0 bridgehead atoms. The summed E-state index contributed by atoms with van der Waals surface area (Å²) in [6.45, 7) is 1.48. The largest absolute Gasteiger partial charge is 0.393 e. The van der Waals surface area contributed by atoms with Gasteiger partial charge in [0.2, 0.25) is 5.95 Å². The zero-order chi connectivity index (χ0) is 17.6. The van der Waals surface area contributed by atoms with Gasteiger partial charge < -0.3 is 20.9 Å². The van der Waals surface area contributed by atoms with Crippen LogP contribution in [0.3, 0.4) is 0 Å². The van der Waals surface area contributed by atoms with Gasteiger partial charge in [-0.1, -0.05) is 12.8 Å². The molecule has 0 spiro atoms. The van der Waals surface area contributed by atoms with Gasteiger partial charge in [-0.2, -0.15) is 0 Å². The van der Waals surface area contributed by atoms with Gasteiger partial charge in [0.05, 0.1) is 17.4 Å². The van der Waals surface area contributed by atoms with Crippen LogP contribution < -0.4 is 11.1 Å². The van der Waals surface area contributed by atoms with E-state index in [9.17, 15) is 9.90 Å². The summed E-state index contributed by atoms with van der Waals surface area (Å²) in [6.07, 6.45) is 8.58. The van der Waals surface area contributed by atoms with Gasteiger partial charge in [-0.25, -0.2) is 9.97 Å². The lowest BCUT2D eigenvalue weighted by Gasteiger charge is -2.23. The van der Waals surface area contributed by atoms with Crippen molar-refractivity contribution in [1.82, 2.24) is 9.97 Å². The van der Waals surface area contributed by atoms with Gasteiger partial charge in [0.15, 0.2) is 0 Å². The highest BCUT2D eigenvalue weighted by molar-refractivity contribution is 5.93. The van der Waals surface area contributed by atoms with Gasteiger partial charge in [-0.05, 0) is 44.4 Å². The van der Waals surface area contributed by atoms with E-state index in [1.165, 1.54) is 6.20 Å². The number of nitrogens with one attached hydrogen (secondary N) is 1. The first-order chi connectivity index (χ1) is 12.1. The van der Waals surface area contributed by atoms with Gasteiger partial charge in [0, 0.05) is 25.5 Å². The fraction of sp³-hybridized carbons (Fsp3) is 0.722. The monoisotopic (exact) mass is 348 g/mol. The van der Waals surface area contributed by atoms with Crippen LogP contribution in [0.4, 0.5) is 5.95 Å². The zero-order valence-electron chi connectivity index (χ0n) is 14.6. The number of aromatic nitrogens is 2. The quantitative estimate of drug-likeness (QED) is 0.698. The lowest BCUT2D eigenvalue weighted by Crippen LogP contribution is -2.29. The number of hydrogen-bond donors (Lipinski definition) is 3. The average Bonchev–Trinajstić information content (AvgIpc) is 2.79. The predicted octanol–water partition coefficient (Wildman–Crippen LogP) is 1.65. The molecule has 1 aliphatic heterocycles. The van der Waals surface area contributed by atoms with Crippen LogP contribution in [-0.4, -0.2) is 46.3 Å². The Morgan fingerprint density at radius 3 is 2.80 bits per heavy atom. The Morgan fingerprint density at radius 1 is 1.28 bits per heavy atom. The van der Waals surface area contributed by atoms with Crippen LogP contribution in [0, 0.1) is 5.92 Å². The van der Waals surface area contributed by atoms with Crippen LogP contribution in [0.25, 0.3) is 0 Å². The van der Waals surface area contributed by atoms with Crippen molar-refractivity contribution in [2.24, 2.45) is 11.7 Å². The summed E-state index contributed by atoms with van der Waals surface area (Å²) in [4.78, 5) is 20.6. The summed E-state index contributed by atoms with van der Waals surface area (Å²) in [5.41, 5.74) is 6.58. The molecule has 1 aliphatic carbocycles. The number of anilines is 1. The SMILES string of the molecule is NC(=O)c1cnc(NC2CCOCC2)nc1C[C@@H]1CCCC[C@H](O)C1. The topological polar surface area (TPSA) is 110 Å². The second-order valence-corrected chi connectivity index (χ2v) is 7.19. The highest BCUT2D eigenvalue weighted by Gasteiger charge is 2.23. The second-order valence-electron chi connectivity index (χ2n) is 7.19. The molecule has 0 aromatic carbocycles. The number of hydrogen-bond acceptors (Lipinski definition) is 6. The minimum atomic E-state index is -0.498. The number of rotatable bonds is 5. The maximum atomic E-state index is 11.8. The van der Waals surface area contributed by atoms with Crippen molar-refractivity contribution >= 4 is 11.9 Å². The third kappa shape index (κ3) is 5.12. The number of amides is 1. The minimum absolute atomic E-state index is 0.258.